The van der Waals surface area contributed by atoms with Crippen molar-refractivity contribution in [1.29, 1.82) is 0 Å². The van der Waals surface area contributed by atoms with Gasteiger partial charge in [-0.05, 0) is 12.8 Å². The average Bonchev–Trinajstić information content (AvgIpc) is 2.87. The Kier molecular flexibility index (Phi) is 6.16. The molecule has 0 fully saturated rings. The number of allylic oxidation sites excluding steroid dienone is 2. The van der Waals surface area contributed by atoms with E-state index in [4.69, 9.17) is 0 Å². The lowest BCUT2D eigenvalue weighted by Crippen LogP contribution is -2.17. The van der Waals surface area contributed by atoms with E-state index < -0.39 is 34.6 Å². The number of Topliss-reactive ketones (excluding diaryl/α,β-unsaturated/α-hetero) is 2. The molecule has 1 aliphatic rings. The second kappa shape index (κ2) is 7.90. The summed E-state index contributed by atoms with van der Waals surface area (Å²) in [4.78, 5) is 23.2. The lowest BCUT2D eigenvalue weighted by atomic mass is 10.00. The van der Waals surface area contributed by atoms with Crippen LogP contribution in [-0.4, -0.2) is 11.6 Å². The highest BCUT2D eigenvalue weighted by Crippen LogP contribution is 2.37. The molecule has 1 aromatic rings. The van der Waals surface area contributed by atoms with Gasteiger partial charge < -0.3 is 0 Å². The molecule has 1 heterocycles. The number of hydrogen-bond acceptors (Lipinski definition) is 3. The molecule has 0 amide bonds. The molecule has 0 saturated carbocycles. The molecule has 1 aliphatic carbocycles. The van der Waals surface area contributed by atoms with E-state index in [1.165, 1.54) is 19.3 Å². The summed E-state index contributed by atoms with van der Waals surface area (Å²) >= 11 is 0.765. The first kappa shape index (κ1) is 17.9. The number of carbonyl (C=O) groups excluding carboxylic acids is 2. The highest BCUT2D eigenvalue weighted by atomic mass is 32.1. The van der Waals surface area contributed by atoms with Crippen molar-refractivity contribution in [3.63, 3.8) is 0 Å². The molecular formula is C17H19F3O2S. The predicted molar refractivity (Wildman–Crippen MR) is 83.9 cm³/mol. The van der Waals surface area contributed by atoms with Crippen molar-refractivity contribution >= 4 is 22.9 Å². The van der Waals surface area contributed by atoms with Gasteiger partial charge in [0.25, 0.3) is 0 Å². The first-order chi connectivity index (χ1) is 11.0. The summed E-state index contributed by atoms with van der Waals surface area (Å²) < 4.78 is 40.9. The van der Waals surface area contributed by atoms with Crippen molar-refractivity contribution in [3.8, 4) is 0 Å². The number of unbranched alkanes of at least 4 members (excludes halogenated alkanes) is 6. The van der Waals surface area contributed by atoms with E-state index >= 15 is 0 Å². The van der Waals surface area contributed by atoms with E-state index in [1.54, 1.807) is 0 Å². The lowest BCUT2D eigenvalue weighted by Gasteiger charge is -2.06. The summed E-state index contributed by atoms with van der Waals surface area (Å²) in [5.41, 5.74) is -0.600. The van der Waals surface area contributed by atoms with Crippen LogP contribution >= 0.6 is 11.3 Å². The summed E-state index contributed by atoms with van der Waals surface area (Å²) in [5, 5.41) is 0. The smallest absolute Gasteiger partial charge is 0.235 e. The van der Waals surface area contributed by atoms with Gasteiger partial charge in [0.05, 0.1) is 10.4 Å². The van der Waals surface area contributed by atoms with E-state index in [1.807, 2.05) is 0 Å². The van der Waals surface area contributed by atoms with Crippen molar-refractivity contribution in [3.05, 3.63) is 32.8 Å². The fraction of sp³-hybridized carbons (Fsp3) is 0.529. The zero-order chi connectivity index (χ0) is 17.0. The summed E-state index contributed by atoms with van der Waals surface area (Å²) in [5.74, 6) is -6.96. The molecule has 0 aromatic carbocycles. The summed E-state index contributed by atoms with van der Waals surface area (Å²) in [6, 6.07) is 0. The van der Waals surface area contributed by atoms with Crippen LogP contribution in [0.3, 0.4) is 0 Å². The van der Waals surface area contributed by atoms with Crippen molar-refractivity contribution in [2.24, 2.45) is 0 Å². The van der Waals surface area contributed by atoms with Gasteiger partial charge in [0.1, 0.15) is 5.82 Å². The van der Waals surface area contributed by atoms with Crippen LogP contribution in [0.4, 0.5) is 13.2 Å². The number of carbonyl (C=O) groups is 2. The number of aryl methyl sites for hydroxylation is 1. The van der Waals surface area contributed by atoms with Gasteiger partial charge in [-0.25, -0.2) is 4.39 Å². The molecule has 0 N–H and O–H groups in total. The zero-order valence-corrected chi connectivity index (χ0v) is 13.8. The Labute approximate surface area is 137 Å². The van der Waals surface area contributed by atoms with Crippen LogP contribution in [0.2, 0.25) is 0 Å². The van der Waals surface area contributed by atoms with E-state index in [-0.39, 0.29) is 9.75 Å². The molecule has 1 aromatic heterocycles. The number of ketones is 2. The van der Waals surface area contributed by atoms with Gasteiger partial charge in [0, 0.05) is 4.88 Å². The third-order valence-electron chi connectivity index (χ3n) is 3.95. The maximum absolute atomic E-state index is 14.2. The van der Waals surface area contributed by atoms with Crippen molar-refractivity contribution in [2.45, 2.75) is 58.3 Å². The van der Waals surface area contributed by atoms with E-state index in [9.17, 15) is 22.8 Å². The van der Waals surface area contributed by atoms with E-state index in [0.29, 0.717) is 6.42 Å². The zero-order valence-electron chi connectivity index (χ0n) is 13.0. The molecule has 0 unspecified atom stereocenters. The SMILES string of the molecule is CCCCCCCCCc1sc2c(c1F)C(=O)C(F)=C(F)C2=O. The Morgan fingerprint density at radius 1 is 0.826 bits per heavy atom. The summed E-state index contributed by atoms with van der Waals surface area (Å²) in [6.45, 7) is 2.14. The van der Waals surface area contributed by atoms with Crippen LogP contribution in [0, 0.1) is 5.82 Å². The van der Waals surface area contributed by atoms with Gasteiger partial charge in [-0.2, -0.15) is 8.78 Å². The maximum Gasteiger partial charge on any atom is 0.235 e. The average molecular weight is 344 g/mol. The van der Waals surface area contributed by atoms with Crippen molar-refractivity contribution in [1.82, 2.24) is 0 Å². The fourth-order valence-electron chi connectivity index (χ4n) is 2.63. The minimum absolute atomic E-state index is 0.229. The van der Waals surface area contributed by atoms with Crippen LogP contribution in [0.25, 0.3) is 0 Å². The Balaban J connectivity index is 1.98. The molecule has 0 saturated heterocycles. The van der Waals surface area contributed by atoms with Gasteiger partial charge in [-0.3, -0.25) is 9.59 Å². The van der Waals surface area contributed by atoms with E-state index in [0.717, 1.165) is 37.0 Å². The van der Waals surface area contributed by atoms with Crippen molar-refractivity contribution in [2.75, 3.05) is 0 Å². The number of rotatable bonds is 8. The highest BCUT2D eigenvalue weighted by molar-refractivity contribution is 7.14. The molecule has 0 radical (unpaired) electrons. The number of fused-ring (bicyclic) bond motifs is 1. The second-order valence-corrected chi connectivity index (χ2v) is 6.81. The van der Waals surface area contributed by atoms with Gasteiger partial charge in [-0.1, -0.05) is 45.4 Å². The third kappa shape index (κ3) is 3.74. The predicted octanol–water partition coefficient (Wildman–Crippen LogP) is 5.71. The first-order valence-corrected chi connectivity index (χ1v) is 8.76. The summed E-state index contributed by atoms with van der Waals surface area (Å²) in [7, 11) is 0. The maximum atomic E-state index is 14.2. The number of thiophene rings is 1. The second-order valence-electron chi connectivity index (χ2n) is 5.70. The molecule has 0 bridgehead atoms. The van der Waals surface area contributed by atoms with E-state index in [2.05, 4.69) is 6.92 Å². The van der Waals surface area contributed by atoms with Crippen molar-refractivity contribution < 1.29 is 22.8 Å². The third-order valence-corrected chi connectivity index (χ3v) is 5.17. The largest absolute Gasteiger partial charge is 0.286 e. The van der Waals surface area contributed by atoms with Crippen LogP contribution < -0.4 is 0 Å². The Morgan fingerprint density at radius 3 is 2.04 bits per heavy atom. The lowest BCUT2D eigenvalue weighted by molar-refractivity contribution is 0.0932. The standard InChI is InChI=1S/C17H19F3O2S/c1-2-3-4-5-6-7-8-9-10-12(18)11-15(21)13(19)14(20)16(22)17(11)23-10/h2-9H2,1H3. The Hall–Kier alpha value is -1.43. The first-order valence-electron chi connectivity index (χ1n) is 7.94. The monoisotopic (exact) mass is 344 g/mol. The quantitative estimate of drug-likeness (QED) is 0.566. The normalized spacial score (nSPS) is 14.6. The van der Waals surface area contributed by atoms with Gasteiger partial charge in [0.15, 0.2) is 0 Å². The molecule has 2 rings (SSSR count). The number of hydrogen-bond donors (Lipinski definition) is 0. The van der Waals surface area contributed by atoms with Crippen LogP contribution in [-0.2, 0) is 6.42 Å². The summed E-state index contributed by atoms with van der Waals surface area (Å²) in [6.07, 6.45) is 7.78. The van der Waals surface area contributed by atoms with Crippen LogP contribution in [0.5, 0.6) is 0 Å². The minimum atomic E-state index is -1.79. The fourth-order valence-corrected chi connectivity index (χ4v) is 3.78. The van der Waals surface area contributed by atoms with Gasteiger partial charge in [0.2, 0.25) is 23.2 Å². The number of halogens is 3. The van der Waals surface area contributed by atoms with Gasteiger partial charge >= 0.3 is 0 Å². The topological polar surface area (TPSA) is 34.1 Å². The minimum Gasteiger partial charge on any atom is -0.286 e. The molecule has 0 aliphatic heterocycles. The molecule has 2 nitrogen and oxygen atoms in total. The van der Waals surface area contributed by atoms with Gasteiger partial charge in [-0.15, -0.1) is 11.3 Å². The molecule has 23 heavy (non-hydrogen) atoms. The highest BCUT2D eigenvalue weighted by Gasteiger charge is 2.38. The Morgan fingerprint density at radius 2 is 1.39 bits per heavy atom. The molecule has 0 atom stereocenters. The molecular weight excluding hydrogens is 325 g/mol. The van der Waals surface area contributed by atoms with Crippen LogP contribution in [0.1, 0.15) is 76.8 Å². The molecule has 126 valence electrons. The molecule has 6 heteroatoms. The molecule has 0 spiro atoms. The Bertz CT molecular complexity index is 647. The van der Waals surface area contributed by atoms with Crippen LogP contribution in [0.15, 0.2) is 11.7 Å².